The van der Waals surface area contributed by atoms with E-state index in [0.717, 1.165) is 0 Å². The largest absolute Gasteiger partial charge is 0.383 e. The highest BCUT2D eigenvalue weighted by molar-refractivity contribution is 6.46. The summed E-state index contributed by atoms with van der Waals surface area (Å²) in [5, 5.41) is 6.25. The Morgan fingerprint density at radius 2 is 1.81 bits per heavy atom. The highest BCUT2D eigenvalue weighted by Gasteiger charge is 2.23. The second kappa shape index (κ2) is 10.8. The highest BCUT2D eigenvalue weighted by atomic mass is 35.5. The molecule has 3 aromatic rings. The summed E-state index contributed by atoms with van der Waals surface area (Å²) in [6.07, 6.45) is 1.49. The van der Waals surface area contributed by atoms with Crippen LogP contribution in [0.3, 0.4) is 0 Å². The zero-order valence-corrected chi connectivity index (χ0v) is 19.3. The number of halogens is 4. The van der Waals surface area contributed by atoms with Crippen molar-refractivity contribution in [2.45, 2.75) is 13.0 Å². The molecule has 0 aliphatic heterocycles. The Kier molecular flexibility index (Phi) is 8.09. The zero-order valence-electron chi connectivity index (χ0n) is 17.1. The van der Waals surface area contributed by atoms with Crippen LogP contribution < -0.4 is 15.5 Å². The molecular weight excluding hydrogens is 480 g/mol. The van der Waals surface area contributed by atoms with E-state index in [9.17, 15) is 9.18 Å². The number of aromatic nitrogens is 2. The predicted octanol–water partition coefficient (Wildman–Crippen LogP) is 6.39. The van der Waals surface area contributed by atoms with Gasteiger partial charge in [0.15, 0.2) is 0 Å². The summed E-state index contributed by atoms with van der Waals surface area (Å²) < 4.78 is 18.6. The molecule has 2 aromatic carbocycles. The number of hydrogen-bond acceptors (Lipinski definition) is 5. The number of amides is 2. The molecule has 0 spiro atoms. The molecule has 0 saturated heterocycles. The second-order valence-corrected chi connectivity index (χ2v) is 7.89. The number of anilines is 4. The van der Waals surface area contributed by atoms with Crippen LogP contribution in [0.25, 0.3) is 0 Å². The average Bonchev–Trinajstić information content (AvgIpc) is 2.76. The maximum absolute atomic E-state index is 13.5. The Morgan fingerprint density at radius 1 is 1.12 bits per heavy atom. The van der Waals surface area contributed by atoms with Crippen LogP contribution >= 0.6 is 34.8 Å². The minimum Gasteiger partial charge on any atom is -0.383 e. The van der Waals surface area contributed by atoms with Crippen molar-refractivity contribution in [1.82, 2.24) is 9.97 Å². The Bertz CT molecular complexity index is 1100. The summed E-state index contributed by atoms with van der Waals surface area (Å²) >= 11 is 18.5. The maximum Gasteiger partial charge on any atom is 0.332 e. The van der Waals surface area contributed by atoms with Crippen LogP contribution in [0.5, 0.6) is 0 Å². The van der Waals surface area contributed by atoms with Crippen LogP contribution in [0.4, 0.5) is 32.3 Å². The molecule has 7 nitrogen and oxygen atoms in total. The summed E-state index contributed by atoms with van der Waals surface area (Å²) in [6, 6.07) is 9.20. The van der Waals surface area contributed by atoms with E-state index in [2.05, 4.69) is 20.6 Å². The standard InChI is InChI=1S/C21H19Cl3FN5O2/c1-12(11-32-2)27-20-26-10-9-17(28-20)30(14-5-3-13(25)4-6-14)21(31)29-19-16(23)8-7-15(22)18(19)24/h3-10,12H,11H2,1-2H3,(H,29,31)(H,26,27,28)/t12-/m0/s1. The van der Waals surface area contributed by atoms with Gasteiger partial charge >= 0.3 is 6.03 Å². The van der Waals surface area contributed by atoms with Crippen LogP contribution in [0, 0.1) is 5.82 Å². The topological polar surface area (TPSA) is 79.4 Å². The van der Waals surface area contributed by atoms with Crippen molar-refractivity contribution < 1.29 is 13.9 Å². The number of urea groups is 1. The summed E-state index contributed by atoms with van der Waals surface area (Å²) in [4.78, 5) is 23.1. The molecule has 1 heterocycles. The average molecular weight is 499 g/mol. The Balaban J connectivity index is 1.99. The van der Waals surface area contributed by atoms with E-state index in [4.69, 9.17) is 39.5 Å². The number of rotatable bonds is 7. The minimum absolute atomic E-state index is 0.0765. The van der Waals surface area contributed by atoms with E-state index >= 15 is 0 Å². The number of carbonyl (C=O) groups is 1. The van der Waals surface area contributed by atoms with Gasteiger partial charge in [-0.1, -0.05) is 34.8 Å². The SMILES string of the molecule is COC[C@H](C)Nc1nccc(N(C(=O)Nc2c(Cl)ccc(Cl)c2Cl)c2ccc(F)cc2)n1. The van der Waals surface area contributed by atoms with Gasteiger partial charge < -0.3 is 15.4 Å². The first kappa shape index (κ1) is 24.0. The molecule has 2 amide bonds. The van der Waals surface area contributed by atoms with Gasteiger partial charge in [-0.15, -0.1) is 0 Å². The van der Waals surface area contributed by atoms with Gasteiger partial charge in [0.1, 0.15) is 11.6 Å². The molecule has 0 aliphatic carbocycles. The van der Waals surface area contributed by atoms with Gasteiger partial charge in [0.05, 0.1) is 33.0 Å². The number of methoxy groups -OCH3 is 1. The molecule has 1 atom stereocenters. The number of carbonyl (C=O) groups excluding carboxylic acids is 1. The van der Waals surface area contributed by atoms with Crippen LogP contribution in [-0.2, 0) is 4.74 Å². The quantitative estimate of drug-likeness (QED) is 0.369. The first-order valence-electron chi connectivity index (χ1n) is 9.39. The third-order valence-corrected chi connectivity index (χ3v) is 5.35. The highest BCUT2D eigenvalue weighted by Crippen LogP contribution is 2.37. The summed E-state index contributed by atoms with van der Waals surface area (Å²) in [5.74, 6) is 0.0600. The molecule has 0 bridgehead atoms. The van der Waals surface area contributed by atoms with Crippen LogP contribution in [0.2, 0.25) is 15.1 Å². The molecule has 0 fully saturated rings. The van der Waals surface area contributed by atoms with Gasteiger partial charge in [0.2, 0.25) is 5.95 Å². The number of nitrogens with one attached hydrogen (secondary N) is 2. The molecule has 32 heavy (non-hydrogen) atoms. The molecule has 3 rings (SSSR count). The van der Waals surface area contributed by atoms with Gasteiger partial charge in [-0.25, -0.2) is 19.1 Å². The summed E-state index contributed by atoms with van der Waals surface area (Å²) in [5.41, 5.74) is 0.492. The molecule has 11 heteroatoms. The first-order chi connectivity index (χ1) is 15.3. The third-order valence-electron chi connectivity index (χ3n) is 4.23. The van der Waals surface area contributed by atoms with Gasteiger partial charge in [0, 0.05) is 25.4 Å². The fourth-order valence-corrected chi connectivity index (χ4v) is 3.43. The van der Waals surface area contributed by atoms with Gasteiger partial charge in [-0.2, -0.15) is 4.98 Å². The lowest BCUT2D eigenvalue weighted by atomic mass is 10.2. The van der Waals surface area contributed by atoms with E-state index in [-0.39, 0.29) is 38.6 Å². The van der Waals surface area contributed by atoms with Crippen LogP contribution in [0.15, 0.2) is 48.7 Å². The molecular formula is C21H19Cl3FN5O2. The van der Waals surface area contributed by atoms with Crippen molar-refractivity contribution >= 4 is 64.0 Å². The zero-order chi connectivity index (χ0) is 23.3. The van der Waals surface area contributed by atoms with Crippen molar-refractivity contribution in [3.8, 4) is 0 Å². The van der Waals surface area contributed by atoms with Crippen LogP contribution in [-0.4, -0.2) is 35.8 Å². The summed E-state index contributed by atoms with van der Waals surface area (Å²) in [6.45, 7) is 2.33. The minimum atomic E-state index is -0.641. The van der Waals surface area contributed by atoms with Gasteiger partial charge in [-0.3, -0.25) is 0 Å². The predicted molar refractivity (Wildman–Crippen MR) is 126 cm³/mol. The lowest BCUT2D eigenvalue weighted by Gasteiger charge is -2.24. The second-order valence-electron chi connectivity index (χ2n) is 6.70. The van der Waals surface area contributed by atoms with E-state index in [1.807, 2.05) is 6.92 Å². The molecule has 2 N–H and O–H groups in total. The Labute approximate surface area is 199 Å². The van der Waals surface area contributed by atoms with E-state index in [1.165, 1.54) is 53.6 Å². The monoisotopic (exact) mass is 497 g/mol. The van der Waals surface area contributed by atoms with Gasteiger partial charge in [0.25, 0.3) is 0 Å². The van der Waals surface area contributed by atoms with E-state index < -0.39 is 11.8 Å². The number of nitrogens with zero attached hydrogens (tertiary/aromatic N) is 3. The first-order valence-corrected chi connectivity index (χ1v) is 10.5. The van der Waals surface area contributed by atoms with E-state index in [1.54, 1.807) is 7.11 Å². The molecule has 168 valence electrons. The number of hydrogen-bond donors (Lipinski definition) is 2. The smallest absolute Gasteiger partial charge is 0.332 e. The lowest BCUT2D eigenvalue weighted by molar-refractivity contribution is 0.190. The van der Waals surface area contributed by atoms with Gasteiger partial charge in [-0.05, 0) is 43.3 Å². The lowest BCUT2D eigenvalue weighted by Crippen LogP contribution is -2.32. The molecule has 0 aliphatic rings. The van der Waals surface area contributed by atoms with E-state index in [0.29, 0.717) is 12.3 Å². The normalized spacial score (nSPS) is 11.7. The Hall–Kier alpha value is -2.65. The fourth-order valence-electron chi connectivity index (χ4n) is 2.80. The van der Waals surface area contributed by atoms with Crippen molar-refractivity contribution in [2.24, 2.45) is 0 Å². The molecule has 0 saturated carbocycles. The molecule has 0 radical (unpaired) electrons. The Morgan fingerprint density at radius 3 is 2.50 bits per heavy atom. The van der Waals surface area contributed by atoms with Crippen molar-refractivity contribution in [2.75, 3.05) is 29.3 Å². The fraction of sp³-hybridized carbons (Fsp3) is 0.190. The number of benzene rings is 2. The molecule has 1 aromatic heterocycles. The third kappa shape index (κ3) is 5.77. The summed E-state index contributed by atoms with van der Waals surface area (Å²) in [7, 11) is 1.59. The van der Waals surface area contributed by atoms with Crippen molar-refractivity contribution in [3.63, 3.8) is 0 Å². The van der Waals surface area contributed by atoms with Crippen molar-refractivity contribution in [1.29, 1.82) is 0 Å². The van der Waals surface area contributed by atoms with Crippen molar-refractivity contribution in [3.05, 3.63) is 69.5 Å². The molecule has 0 unspecified atom stereocenters. The number of ether oxygens (including phenoxy) is 1. The van der Waals surface area contributed by atoms with Crippen LogP contribution in [0.1, 0.15) is 6.92 Å². The maximum atomic E-state index is 13.5.